The number of aryl methyl sites for hydroxylation is 1. The molecule has 0 radical (unpaired) electrons. The first kappa shape index (κ1) is 15.3. The molecular formula is C15H15N5O2. The Kier molecular flexibility index (Phi) is 4.53. The minimum Gasteiger partial charge on any atom is -0.323 e. The van der Waals surface area contributed by atoms with E-state index in [1.165, 1.54) is 21.9 Å². The van der Waals surface area contributed by atoms with Gasteiger partial charge in [-0.1, -0.05) is 12.1 Å². The van der Waals surface area contributed by atoms with Gasteiger partial charge in [-0.15, -0.1) is 0 Å². The lowest BCUT2D eigenvalue weighted by Gasteiger charge is -2.17. The maximum atomic E-state index is 12.1. The van der Waals surface area contributed by atoms with Crippen LogP contribution in [0.15, 0.2) is 41.5 Å². The number of hydrogen-bond donors (Lipinski definition) is 1. The Morgan fingerprint density at radius 2 is 2.09 bits per heavy atom. The molecule has 2 amide bonds. The van der Waals surface area contributed by atoms with E-state index in [0.717, 1.165) is 5.56 Å². The number of nitrogens with one attached hydrogen (secondary N) is 1. The molecule has 2 aromatic rings. The molecule has 0 bridgehead atoms. The van der Waals surface area contributed by atoms with E-state index < -0.39 is 6.03 Å². The van der Waals surface area contributed by atoms with Gasteiger partial charge in [0.25, 0.3) is 5.56 Å². The van der Waals surface area contributed by atoms with Crippen molar-refractivity contribution in [3.05, 3.63) is 58.1 Å². The molecule has 0 fully saturated rings. The largest absolute Gasteiger partial charge is 0.323 e. The van der Waals surface area contributed by atoms with Gasteiger partial charge in [-0.2, -0.15) is 5.26 Å². The quantitative estimate of drug-likeness (QED) is 0.924. The van der Waals surface area contributed by atoms with Crippen LogP contribution in [0.3, 0.4) is 0 Å². The number of rotatable bonds is 3. The summed E-state index contributed by atoms with van der Waals surface area (Å²) in [6.45, 7) is 0.352. The molecule has 22 heavy (non-hydrogen) atoms. The lowest BCUT2D eigenvalue weighted by molar-refractivity contribution is 0.220. The van der Waals surface area contributed by atoms with Gasteiger partial charge < -0.3 is 9.47 Å². The van der Waals surface area contributed by atoms with Gasteiger partial charge in [-0.3, -0.25) is 10.1 Å². The predicted octanol–water partition coefficient (Wildman–Crippen LogP) is 1.32. The molecule has 0 spiro atoms. The Bertz CT molecular complexity index is 774. The topological polar surface area (TPSA) is 91.0 Å². The van der Waals surface area contributed by atoms with E-state index in [2.05, 4.69) is 10.3 Å². The highest BCUT2D eigenvalue weighted by Gasteiger charge is 2.12. The number of hydrogen-bond acceptors (Lipinski definition) is 4. The van der Waals surface area contributed by atoms with Gasteiger partial charge in [0.05, 0.1) is 11.6 Å². The van der Waals surface area contributed by atoms with Crippen LogP contribution in [-0.2, 0) is 13.6 Å². The number of aromatic nitrogens is 2. The van der Waals surface area contributed by atoms with E-state index in [1.807, 2.05) is 6.07 Å². The first-order chi connectivity index (χ1) is 10.5. The number of carbonyl (C=O) groups is 1. The molecule has 2 rings (SSSR count). The van der Waals surface area contributed by atoms with E-state index in [-0.39, 0.29) is 11.4 Å². The third-order valence-electron chi connectivity index (χ3n) is 3.09. The number of anilines is 1. The minimum absolute atomic E-state index is 0.0123. The van der Waals surface area contributed by atoms with Crippen molar-refractivity contribution in [2.24, 2.45) is 7.05 Å². The Labute approximate surface area is 127 Å². The van der Waals surface area contributed by atoms with Crippen LogP contribution in [-0.4, -0.2) is 27.5 Å². The van der Waals surface area contributed by atoms with Crippen molar-refractivity contribution in [3.8, 4) is 6.07 Å². The zero-order valence-electron chi connectivity index (χ0n) is 12.3. The molecule has 1 aromatic carbocycles. The van der Waals surface area contributed by atoms with Crippen LogP contribution in [0.1, 0.15) is 11.1 Å². The van der Waals surface area contributed by atoms with Crippen LogP contribution in [0.2, 0.25) is 0 Å². The number of nitriles is 1. The molecule has 1 N–H and O–H groups in total. The average Bonchev–Trinajstić information content (AvgIpc) is 2.52. The Morgan fingerprint density at radius 3 is 2.73 bits per heavy atom. The Hall–Kier alpha value is -3.14. The highest BCUT2D eigenvalue weighted by Crippen LogP contribution is 2.07. The fourth-order valence-electron chi connectivity index (χ4n) is 1.81. The van der Waals surface area contributed by atoms with Gasteiger partial charge in [0.15, 0.2) is 0 Å². The molecule has 7 nitrogen and oxygen atoms in total. The number of nitrogens with zero attached hydrogens (tertiary/aromatic N) is 4. The van der Waals surface area contributed by atoms with E-state index in [4.69, 9.17) is 5.26 Å². The molecule has 7 heteroatoms. The van der Waals surface area contributed by atoms with Gasteiger partial charge >= 0.3 is 6.03 Å². The third kappa shape index (κ3) is 3.49. The first-order valence-electron chi connectivity index (χ1n) is 6.54. The average molecular weight is 297 g/mol. The van der Waals surface area contributed by atoms with Crippen LogP contribution in [0, 0.1) is 11.3 Å². The highest BCUT2D eigenvalue weighted by molar-refractivity contribution is 5.87. The highest BCUT2D eigenvalue weighted by atomic mass is 16.2. The van der Waals surface area contributed by atoms with Gasteiger partial charge in [0, 0.05) is 33.0 Å². The number of benzene rings is 1. The zero-order chi connectivity index (χ0) is 16.1. The van der Waals surface area contributed by atoms with Gasteiger partial charge in [0.1, 0.15) is 0 Å². The number of carbonyl (C=O) groups excluding carboxylic acids is 1. The lowest BCUT2D eigenvalue weighted by Crippen LogP contribution is -2.34. The van der Waals surface area contributed by atoms with E-state index in [1.54, 1.807) is 38.4 Å². The zero-order valence-corrected chi connectivity index (χ0v) is 12.3. The molecule has 0 aliphatic carbocycles. The lowest BCUT2D eigenvalue weighted by atomic mass is 10.1. The Morgan fingerprint density at radius 1 is 1.41 bits per heavy atom. The normalized spacial score (nSPS) is 9.86. The van der Waals surface area contributed by atoms with Crippen molar-refractivity contribution < 1.29 is 4.79 Å². The van der Waals surface area contributed by atoms with Gasteiger partial charge in [-0.25, -0.2) is 9.78 Å². The third-order valence-corrected chi connectivity index (χ3v) is 3.09. The van der Waals surface area contributed by atoms with Crippen molar-refractivity contribution in [2.75, 3.05) is 12.4 Å². The summed E-state index contributed by atoms with van der Waals surface area (Å²) in [4.78, 5) is 29.2. The smallest absolute Gasteiger partial charge is 0.323 e. The van der Waals surface area contributed by atoms with Crippen LogP contribution in [0.5, 0.6) is 0 Å². The summed E-state index contributed by atoms with van der Waals surface area (Å²) in [5, 5.41) is 11.2. The van der Waals surface area contributed by atoms with Crippen LogP contribution in [0.25, 0.3) is 0 Å². The van der Waals surface area contributed by atoms with E-state index in [9.17, 15) is 9.59 Å². The maximum Gasteiger partial charge on any atom is 0.323 e. The van der Waals surface area contributed by atoms with Crippen LogP contribution < -0.4 is 10.9 Å². The van der Waals surface area contributed by atoms with Crippen molar-refractivity contribution >= 4 is 11.8 Å². The second-order valence-electron chi connectivity index (χ2n) is 4.79. The standard InChI is InChI=1S/C15H15N5O2/c1-19-8-7-17-13(14(19)21)18-15(22)20(2)10-12-5-3-11(9-16)4-6-12/h3-8H,10H2,1-2H3,(H,17,18,22). The fourth-order valence-corrected chi connectivity index (χ4v) is 1.81. The molecule has 0 saturated heterocycles. The molecule has 0 atom stereocenters. The molecule has 0 saturated carbocycles. The summed E-state index contributed by atoms with van der Waals surface area (Å²) < 4.78 is 1.34. The number of urea groups is 1. The Balaban J connectivity index is 2.04. The van der Waals surface area contributed by atoms with Gasteiger partial charge in [-0.05, 0) is 17.7 Å². The molecule has 112 valence electrons. The van der Waals surface area contributed by atoms with Crippen molar-refractivity contribution in [2.45, 2.75) is 6.54 Å². The van der Waals surface area contributed by atoms with Crippen molar-refractivity contribution in [3.63, 3.8) is 0 Å². The molecule has 0 unspecified atom stereocenters. The summed E-state index contributed by atoms with van der Waals surface area (Å²) in [5.74, 6) is -0.0123. The fraction of sp³-hybridized carbons (Fsp3) is 0.200. The monoisotopic (exact) mass is 297 g/mol. The summed E-state index contributed by atoms with van der Waals surface area (Å²) in [6.07, 6.45) is 2.95. The molecular weight excluding hydrogens is 282 g/mol. The summed E-state index contributed by atoms with van der Waals surface area (Å²) in [5.41, 5.74) is 1.07. The number of amides is 2. The van der Waals surface area contributed by atoms with Crippen LogP contribution >= 0.6 is 0 Å². The van der Waals surface area contributed by atoms with E-state index >= 15 is 0 Å². The molecule has 0 aliphatic heterocycles. The van der Waals surface area contributed by atoms with Crippen molar-refractivity contribution in [1.82, 2.24) is 14.5 Å². The predicted molar refractivity (Wildman–Crippen MR) is 81.1 cm³/mol. The van der Waals surface area contributed by atoms with E-state index in [0.29, 0.717) is 12.1 Å². The molecule has 0 aliphatic rings. The minimum atomic E-state index is -0.430. The second kappa shape index (κ2) is 6.54. The van der Waals surface area contributed by atoms with Crippen LogP contribution in [0.4, 0.5) is 10.6 Å². The van der Waals surface area contributed by atoms with Gasteiger partial charge in [0.2, 0.25) is 5.82 Å². The summed E-state index contributed by atoms with van der Waals surface area (Å²) >= 11 is 0. The molecule has 1 aromatic heterocycles. The molecule has 1 heterocycles. The SMILES string of the molecule is CN(Cc1ccc(C#N)cc1)C(=O)Nc1nccn(C)c1=O. The summed E-state index contributed by atoms with van der Waals surface area (Å²) in [7, 11) is 3.20. The maximum absolute atomic E-state index is 12.1. The summed E-state index contributed by atoms with van der Waals surface area (Å²) in [6, 6.07) is 8.55. The van der Waals surface area contributed by atoms with Crippen molar-refractivity contribution in [1.29, 1.82) is 5.26 Å². The second-order valence-corrected chi connectivity index (χ2v) is 4.79. The first-order valence-corrected chi connectivity index (χ1v) is 6.54.